The van der Waals surface area contributed by atoms with Gasteiger partial charge in [-0.05, 0) is 24.0 Å². The minimum atomic E-state index is 0.145. The minimum Gasteiger partial charge on any atom is -0.350 e. The second-order valence-electron chi connectivity index (χ2n) is 4.95. The first-order valence-electron chi connectivity index (χ1n) is 5.89. The third-order valence-corrected chi connectivity index (χ3v) is 3.05. The summed E-state index contributed by atoms with van der Waals surface area (Å²) in [6.45, 7) is 4.43. The van der Waals surface area contributed by atoms with Gasteiger partial charge in [0.05, 0.1) is 0 Å². The van der Waals surface area contributed by atoms with Gasteiger partial charge in [0.25, 0.3) is 0 Å². The van der Waals surface area contributed by atoms with E-state index in [2.05, 4.69) is 55.9 Å². The van der Waals surface area contributed by atoms with Gasteiger partial charge in [0.2, 0.25) is 0 Å². The normalized spacial score (nSPS) is 13.6. The molecule has 0 aliphatic rings. The smallest absolute Gasteiger partial charge is 0.0481 e. The highest BCUT2D eigenvalue weighted by atomic mass is 14.9. The van der Waals surface area contributed by atoms with Crippen LogP contribution in [0.4, 0.5) is 0 Å². The van der Waals surface area contributed by atoms with Gasteiger partial charge < -0.3 is 10.3 Å². The highest BCUT2D eigenvalue weighted by molar-refractivity contribution is 5.84. The molecule has 0 saturated heterocycles. The average molecular weight is 216 g/mol. The quantitative estimate of drug-likeness (QED) is 0.839. The van der Waals surface area contributed by atoms with Crippen LogP contribution in [0.25, 0.3) is 10.9 Å². The molecule has 0 unspecified atom stereocenters. The van der Waals surface area contributed by atoms with Gasteiger partial charge in [-0.3, -0.25) is 0 Å². The van der Waals surface area contributed by atoms with E-state index in [4.69, 9.17) is 5.73 Å². The van der Waals surface area contributed by atoms with E-state index in [1.54, 1.807) is 0 Å². The Morgan fingerprint density at radius 1 is 1.25 bits per heavy atom. The van der Waals surface area contributed by atoms with Gasteiger partial charge in [0, 0.05) is 30.2 Å². The van der Waals surface area contributed by atoms with Crippen LogP contribution < -0.4 is 5.73 Å². The summed E-state index contributed by atoms with van der Waals surface area (Å²) in [7, 11) is 2.08. The molecule has 1 aromatic heterocycles. The molecule has 2 heteroatoms. The molecule has 0 radical (unpaired) electrons. The average Bonchev–Trinajstić information content (AvgIpc) is 2.56. The number of nitrogens with two attached hydrogens (primary N) is 1. The molecule has 0 aliphatic carbocycles. The van der Waals surface area contributed by atoms with Gasteiger partial charge in [-0.15, -0.1) is 0 Å². The Kier molecular flexibility index (Phi) is 3.01. The summed E-state index contributed by atoms with van der Waals surface area (Å²) in [6.07, 6.45) is 3.20. The van der Waals surface area contributed by atoms with Crippen molar-refractivity contribution in [3.8, 4) is 0 Å². The zero-order valence-electron chi connectivity index (χ0n) is 10.3. The number of fused-ring (bicyclic) bond motifs is 1. The van der Waals surface area contributed by atoms with E-state index >= 15 is 0 Å². The molecular formula is C14H20N2. The first-order chi connectivity index (χ1) is 7.59. The monoisotopic (exact) mass is 216 g/mol. The van der Waals surface area contributed by atoms with E-state index in [-0.39, 0.29) is 6.04 Å². The van der Waals surface area contributed by atoms with E-state index in [1.807, 2.05) is 0 Å². The number of aryl methyl sites for hydroxylation is 1. The van der Waals surface area contributed by atoms with Crippen LogP contribution in [0.3, 0.4) is 0 Å². The molecule has 2 rings (SSSR count). The standard InChI is InChI=1S/C14H20N2/c1-10(2)8-13(15)12-9-16(3)14-7-5-4-6-11(12)14/h4-7,9-10,13H,8,15H2,1-3H3/t13-/m1/s1. The molecule has 0 fully saturated rings. The molecule has 2 N–H and O–H groups in total. The predicted octanol–water partition coefficient (Wildman–Crippen LogP) is 3.22. The van der Waals surface area contributed by atoms with Crippen molar-refractivity contribution in [1.82, 2.24) is 4.57 Å². The molecule has 0 spiro atoms. The van der Waals surface area contributed by atoms with E-state index in [0.29, 0.717) is 5.92 Å². The van der Waals surface area contributed by atoms with Crippen LogP contribution in [0.2, 0.25) is 0 Å². The first-order valence-corrected chi connectivity index (χ1v) is 5.89. The topological polar surface area (TPSA) is 30.9 Å². The Hall–Kier alpha value is -1.28. The van der Waals surface area contributed by atoms with Crippen molar-refractivity contribution < 1.29 is 0 Å². The van der Waals surface area contributed by atoms with Crippen LogP contribution in [0, 0.1) is 5.92 Å². The maximum atomic E-state index is 6.26. The van der Waals surface area contributed by atoms with Crippen LogP contribution in [-0.4, -0.2) is 4.57 Å². The number of benzene rings is 1. The lowest BCUT2D eigenvalue weighted by atomic mass is 9.97. The van der Waals surface area contributed by atoms with Crippen LogP contribution >= 0.6 is 0 Å². The largest absolute Gasteiger partial charge is 0.350 e. The van der Waals surface area contributed by atoms with Gasteiger partial charge in [0.15, 0.2) is 0 Å². The molecule has 1 heterocycles. The Morgan fingerprint density at radius 2 is 1.94 bits per heavy atom. The zero-order chi connectivity index (χ0) is 11.7. The third-order valence-electron chi connectivity index (χ3n) is 3.05. The summed E-state index contributed by atoms with van der Waals surface area (Å²) in [5, 5.41) is 1.29. The van der Waals surface area contributed by atoms with E-state index < -0.39 is 0 Å². The Bertz CT molecular complexity index is 482. The summed E-state index contributed by atoms with van der Waals surface area (Å²) in [5.41, 5.74) is 8.79. The summed E-state index contributed by atoms with van der Waals surface area (Å²) in [5.74, 6) is 0.633. The SMILES string of the molecule is CC(C)C[C@@H](N)c1cn(C)c2ccccc12. The molecule has 16 heavy (non-hydrogen) atoms. The predicted molar refractivity (Wildman–Crippen MR) is 69.3 cm³/mol. The van der Waals surface area contributed by atoms with Crippen molar-refractivity contribution in [3.05, 3.63) is 36.0 Å². The highest BCUT2D eigenvalue weighted by Crippen LogP contribution is 2.27. The highest BCUT2D eigenvalue weighted by Gasteiger charge is 2.14. The van der Waals surface area contributed by atoms with Crippen molar-refractivity contribution in [1.29, 1.82) is 0 Å². The molecule has 0 amide bonds. The van der Waals surface area contributed by atoms with Crippen LogP contribution in [0.15, 0.2) is 30.5 Å². The van der Waals surface area contributed by atoms with Crippen molar-refractivity contribution in [2.45, 2.75) is 26.3 Å². The molecule has 0 bridgehead atoms. The lowest BCUT2D eigenvalue weighted by molar-refractivity contribution is 0.511. The Balaban J connectivity index is 2.44. The van der Waals surface area contributed by atoms with Gasteiger partial charge in [-0.1, -0.05) is 32.0 Å². The zero-order valence-corrected chi connectivity index (χ0v) is 10.3. The summed E-state index contributed by atoms with van der Waals surface area (Å²) < 4.78 is 2.16. The van der Waals surface area contributed by atoms with Crippen molar-refractivity contribution >= 4 is 10.9 Å². The van der Waals surface area contributed by atoms with Crippen LogP contribution in [0.1, 0.15) is 31.9 Å². The molecule has 2 nitrogen and oxygen atoms in total. The fraction of sp³-hybridized carbons (Fsp3) is 0.429. The molecule has 86 valence electrons. The van der Waals surface area contributed by atoms with Gasteiger partial charge in [0.1, 0.15) is 0 Å². The maximum absolute atomic E-state index is 6.26. The second kappa shape index (κ2) is 4.30. The number of hydrogen-bond donors (Lipinski definition) is 1. The molecule has 0 saturated carbocycles. The Labute approximate surface area is 97.1 Å². The van der Waals surface area contributed by atoms with Crippen LogP contribution in [0.5, 0.6) is 0 Å². The van der Waals surface area contributed by atoms with Crippen molar-refractivity contribution in [3.63, 3.8) is 0 Å². The Morgan fingerprint density at radius 3 is 2.62 bits per heavy atom. The summed E-state index contributed by atoms with van der Waals surface area (Å²) in [4.78, 5) is 0. The van der Waals surface area contributed by atoms with E-state index in [9.17, 15) is 0 Å². The van der Waals surface area contributed by atoms with Gasteiger partial charge >= 0.3 is 0 Å². The lowest BCUT2D eigenvalue weighted by Crippen LogP contribution is -2.12. The van der Waals surface area contributed by atoms with Gasteiger partial charge in [-0.2, -0.15) is 0 Å². The fourth-order valence-electron chi connectivity index (χ4n) is 2.30. The molecular weight excluding hydrogens is 196 g/mol. The number of para-hydroxylation sites is 1. The van der Waals surface area contributed by atoms with E-state index in [1.165, 1.54) is 16.5 Å². The lowest BCUT2D eigenvalue weighted by Gasteiger charge is -2.13. The molecule has 1 aromatic carbocycles. The molecule has 2 aromatic rings. The van der Waals surface area contributed by atoms with Crippen LogP contribution in [-0.2, 0) is 7.05 Å². The third kappa shape index (κ3) is 1.98. The van der Waals surface area contributed by atoms with E-state index in [0.717, 1.165) is 6.42 Å². The second-order valence-corrected chi connectivity index (χ2v) is 4.95. The fourth-order valence-corrected chi connectivity index (χ4v) is 2.30. The first kappa shape index (κ1) is 11.2. The summed E-state index contributed by atoms with van der Waals surface area (Å²) >= 11 is 0. The number of hydrogen-bond acceptors (Lipinski definition) is 1. The number of rotatable bonds is 3. The minimum absolute atomic E-state index is 0.145. The molecule has 0 aliphatic heterocycles. The maximum Gasteiger partial charge on any atom is 0.0481 e. The molecule has 1 atom stereocenters. The van der Waals surface area contributed by atoms with Crippen molar-refractivity contribution in [2.75, 3.05) is 0 Å². The summed E-state index contributed by atoms with van der Waals surface area (Å²) in [6, 6.07) is 8.59. The van der Waals surface area contributed by atoms with Gasteiger partial charge in [-0.25, -0.2) is 0 Å². The number of nitrogens with zero attached hydrogens (tertiary/aromatic N) is 1. The van der Waals surface area contributed by atoms with Crippen molar-refractivity contribution in [2.24, 2.45) is 18.7 Å². The number of aromatic nitrogens is 1.